The Hall–Kier alpha value is -1.52. The first kappa shape index (κ1) is 14.4. The number of nitrogens with zero attached hydrogens (tertiary/aromatic N) is 3. The second-order valence-corrected chi connectivity index (χ2v) is 5.62. The lowest BCUT2D eigenvalue weighted by Gasteiger charge is -2.35. The van der Waals surface area contributed by atoms with Crippen LogP contribution in [0.1, 0.15) is 0 Å². The van der Waals surface area contributed by atoms with Crippen LogP contribution in [-0.2, 0) is 0 Å². The summed E-state index contributed by atoms with van der Waals surface area (Å²) in [5.74, 6) is 2.62. The topological polar surface area (TPSA) is 28.6 Å². The molecule has 2 aromatic rings. The smallest absolute Gasteiger partial charge is 0.136 e. The van der Waals surface area contributed by atoms with E-state index in [1.807, 2.05) is 18.3 Å². The molecule has 112 valence electrons. The fourth-order valence-electron chi connectivity index (χ4n) is 2.81. The summed E-state index contributed by atoms with van der Waals surface area (Å²) >= 11 is 5.82. The van der Waals surface area contributed by atoms with Crippen LogP contribution in [-0.4, -0.2) is 55.6 Å². The van der Waals surface area contributed by atoms with Crippen molar-refractivity contribution >= 4 is 28.2 Å². The molecular weight excluding hydrogens is 286 g/mol. The van der Waals surface area contributed by atoms with E-state index < -0.39 is 0 Å². The second kappa shape index (κ2) is 6.50. The van der Waals surface area contributed by atoms with Crippen molar-refractivity contribution in [2.75, 3.05) is 50.6 Å². The van der Waals surface area contributed by atoms with Gasteiger partial charge in [0.15, 0.2) is 0 Å². The molecule has 0 amide bonds. The predicted molar refractivity (Wildman–Crippen MR) is 87.7 cm³/mol. The van der Waals surface area contributed by atoms with Crippen LogP contribution in [0.3, 0.4) is 0 Å². The fraction of sp³-hybridized carbons (Fsp3) is 0.438. The van der Waals surface area contributed by atoms with Gasteiger partial charge in [-0.1, -0.05) is 6.07 Å². The fourth-order valence-corrected chi connectivity index (χ4v) is 3.05. The number of anilines is 1. The number of rotatable bonds is 4. The number of aromatic nitrogens is 1. The number of ether oxygens (including phenoxy) is 1. The second-order valence-electron chi connectivity index (χ2n) is 5.24. The van der Waals surface area contributed by atoms with Crippen molar-refractivity contribution in [3.8, 4) is 5.75 Å². The van der Waals surface area contributed by atoms with Gasteiger partial charge in [0.05, 0.1) is 7.11 Å². The molecule has 1 aromatic heterocycles. The highest BCUT2D eigenvalue weighted by Crippen LogP contribution is 2.28. The molecule has 0 atom stereocenters. The molecule has 21 heavy (non-hydrogen) atoms. The Bertz CT molecular complexity index is 611. The SMILES string of the molecule is COc1ccc2ccnc(N3CCN(CCCl)CC3)c2c1. The normalized spacial score (nSPS) is 16.4. The van der Waals surface area contributed by atoms with Gasteiger partial charge in [-0.2, -0.15) is 0 Å². The zero-order chi connectivity index (χ0) is 14.7. The van der Waals surface area contributed by atoms with Gasteiger partial charge in [0.1, 0.15) is 11.6 Å². The lowest BCUT2D eigenvalue weighted by molar-refractivity contribution is 0.272. The molecule has 5 heteroatoms. The van der Waals surface area contributed by atoms with E-state index in [0.29, 0.717) is 5.88 Å². The van der Waals surface area contributed by atoms with E-state index >= 15 is 0 Å². The van der Waals surface area contributed by atoms with E-state index in [2.05, 4.69) is 26.9 Å². The number of hydrogen-bond acceptors (Lipinski definition) is 4. The molecule has 1 aliphatic rings. The molecule has 4 nitrogen and oxygen atoms in total. The van der Waals surface area contributed by atoms with Gasteiger partial charge in [-0.3, -0.25) is 4.90 Å². The maximum absolute atomic E-state index is 5.82. The van der Waals surface area contributed by atoms with E-state index in [1.54, 1.807) is 7.11 Å². The van der Waals surface area contributed by atoms with E-state index in [1.165, 1.54) is 5.39 Å². The van der Waals surface area contributed by atoms with E-state index in [9.17, 15) is 0 Å². The molecule has 0 saturated carbocycles. The number of methoxy groups -OCH3 is 1. The summed E-state index contributed by atoms with van der Waals surface area (Å²) in [6, 6.07) is 8.19. The van der Waals surface area contributed by atoms with Crippen LogP contribution in [0.2, 0.25) is 0 Å². The summed E-state index contributed by atoms with van der Waals surface area (Å²) in [6.07, 6.45) is 1.88. The number of alkyl halides is 1. The lowest BCUT2D eigenvalue weighted by Crippen LogP contribution is -2.47. The average Bonchev–Trinajstić information content (AvgIpc) is 2.55. The maximum Gasteiger partial charge on any atom is 0.136 e. The van der Waals surface area contributed by atoms with Crippen LogP contribution in [0.25, 0.3) is 10.8 Å². The van der Waals surface area contributed by atoms with Gasteiger partial charge in [0.25, 0.3) is 0 Å². The molecule has 1 aromatic carbocycles. The third kappa shape index (κ3) is 3.06. The van der Waals surface area contributed by atoms with Gasteiger partial charge in [-0.25, -0.2) is 4.98 Å². The molecule has 1 saturated heterocycles. The average molecular weight is 306 g/mol. The Morgan fingerprint density at radius 2 is 2.00 bits per heavy atom. The zero-order valence-corrected chi connectivity index (χ0v) is 13.0. The number of hydrogen-bond donors (Lipinski definition) is 0. The summed E-state index contributed by atoms with van der Waals surface area (Å²) in [4.78, 5) is 9.35. The Labute approximate surface area is 130 Å². The van der Waals surface area contributed by atoms with Crippen molar-refractivity contribution in [3.63, 3.8) is 0 Å². The predicted octanol–water partition coefficient (Wildman–Crippen LogP) is 2.60. The number of halogens is 1. The highest BCUT2D eigenvalue weighted by Gasteiger charge is 2.19. The van der Waals surface area contributed by atoms with E-state index in [4.69, 9.17) is 16.3 Å². The minimum Gasteiger partial charge on any atom is -0.497 e. The van der Waals surface area contributed by atoms with Crippen molar-refractivity contribution in [1.29, 1.82) is 0 Å². The molecular formula is C16H20ClN3O. The van der Waals surface area contributed by atoms with Crippen molar-refractivity contribution in [3.05, 3.63) is 30.5 Å². The van der Waals surface area contributed by atoms with Crippen molar-refractivity contribution in [2.45, 2.75) is 0 Å². The standard InChI is InChI=1S/C16H20ClN3O/c1-21-14-3-2-13-4-6-18-16(15(13)12-14)20-10-8-19(7-5-17)9-11-20/h2-4,6,12H,5,7-11H2,1H3. The number of piperazine rings is 1. The first-order valence-electron chi connectivity index (χ1n) is 7.28. The molecule has 0 N–H and O–H groups in total. The molecule has 0 aliphatic carbocycles. The van der Waals surface area contributed by atoms with Gasteiger partial charge in [-0.15, -0.1) is 11.6 Å². The van der Waals surface area contributed by atoms with Crippen LogP contribution in [0.4, 0.5) is 5.82 Å². The molecule has 0 spiro atoms. The number of pyridine rings is 1. The highest BCUT2D eigenvalue weighted by molar-refractivity contribution is 6.18. The van der Waals surface area contributed by atoms with Crippen LogP contribution in [0.15, 0.2) is 30.5 Å². The minimum absolute atomic E-state index is 0.698. The summed E-state index contributed by atoms with van der Waals surface area (Å²) in [6.45, 7) is 5.01. The Morgan fingerprint density at radius 3 is 2.71 bits per heavy atom. The first-order valence-corrected chi connectivity index (χ1v) is 7.81. The molecule has 0 unspecified atom stereocenters. The molecule has 0 radical (unpaired) electrons. The van der Waals surface area contributed by atoms with Gasteiger partial charge in [0.2, 0.25) is 0 Å². The van der Waals surface area contributed by atoms with Gasteiger partial charge in [0, 0.05) is 50.2 Å². The monoisotopic (exact) mass is 305 g/mol. The van der Waals surface area contributed by atoms with E-state index in [0.717, 1.165) is 49.7 Å². The number of benzene rings is 1. The molecule has 1 aliphatic heterocycles. The quantitative estimate of drug-likeness (QED) is 0.812. The van der Waals surface area contributed by atoms with Gasteiger partial charge in [-0.05, 0) is 23.6 Å². The van der Waals surface area contributed by atoms with Crippen LogP contribution < -0.4 is 9.64 Å². The minimum atomic E-state index is 0.698. The Kier molecular flexibility index (Phi) is 4.46. The van der Waals surface area contributed by atoms with Crippen molar-refractivity contribution in [2.24, 2.45) is 0 Å². The van der Waals surface area contributed by atoms with Gasteiger partial charge < -0.3 is 9.64 Å². The van der Waals surface area contributed by atoms with E-state index in [-0.39, 0.29) is 0 Å². The largest absolute Gasteiger partial charge is 0.497 e. The summed E-state index contributed by atoms with van der Waals surface area (Å²) in [7, 11) is 1.70. The summed E-state index contributed by atoms with van der Waals surface area (Å²) < 4.78 is 5.34. The third-order valence-electron chi connectivity index (χ3n) is 4.02. The molecule has 1 fully saturated rings. The van der Waals surface area contributed by atoms with Crippen molar-refractivity contribution < 1.29 is 4.74 Å². The summed E-state index contributed by atoms with van der Waals surface area (Å²) in [5.41, 5.74) is 0. The maximum atomic E-state index is 5.82. The zero-order valence-electron chi connectivity index (χ0n) is 12.3. The molecule has 0 bridgehead atoms. The summed E-state index contributed by atoms with van der Waals surface area (Å²) in [5, 5.41) is 2.35. The van der Waals surface area contributed by atoms with Crippen LogP contribution in [0, 0.1) is 0 Å². The first-order chi connectivity index (χ1) is 10.3. The Morgan fingerprint density at radius 1 is 1.19 bits per heavy atom. The molecule has 2 heterocycles. The van der Waals surface area contributed by atoms with Crippen molar-refractivity contribution in [1.82, 2.24) is 9.88 Å². The lowest BCUT2D eigenvalue weighted by atomic mass is 10.1. The van der Waals surface area contributed by atoms with Crippen LogP contribution >= 0.6 is 11.6 Å². The Balaban J connectivity index is 1.87. The van der Waals surface area contributed by atoms with Gasteiger partial charge >= 0.3 is 0 Å². The van der Waals surface area contributed by atoms with Crippen LogP contribution in [0.5, 0.6) is 5.75 Å². The highest BCUT2D eigenvalue weighted by atomic mass is 35.5. The molecule has 3 rings (SSSR count). The third-order valence-corrected chi connectivity index (χ3v) is 4.19. The number of fused-ring (bicyclic) bond motifs is 1.